The fraction of sp³-hybridized carbons (Fsp3) is 0.156. The Kier molecular flexibility index (Phi) is 10.2. The highest BCUT2D eigenvalue weighted by atomic mass is 35.5. The van der Waals surface area contributed by atoms with E-state index in [0.29, 0.717) is 34.2 Å². The lowest BCUT2D eigenvalue weighted by atomic mass is 10.1. The van der Waals surface area contributed by atoms with Crippen LogP contribution in [0, 0.1) is 0 Å². The van der Waals surface area contributed by atoms with Crippen molar-refractivity contribution in [1.29, 1.82) is 0 Å². The van der Waals surface area contributed by atoms with E-state index in [1.807, 2.05) is 12.1 Å². The van der Waals surface area contributed by atoms with Crippen LogP contribution < -0.4 is 14.8 Å². The van der Waals surface area contributed by atoms with Gasteiger partial charge in [-0.3, -0.25) is 4.79 Å². The first kappa shape index (κ1) is 32.2. The van der Waals surface area contributed by atoms with Crippen molar-refractivity contribution in [3.8, 4) is 11.5 Å². The van der Waals surface area contributed by atoms with E-state index in [9.17, 15) is 18.0 Å². The van der Waals surface area contributed by atoms with Gasteiger partial charge in [-0.05, 0) is 91.2 Å². The van der Waals surface area contributed by atoms with Gasteiger partial charge >= 0.3 is 5.97 Å². The molecule has 0 aliphatic heterocycles. The molecule has 0 spiro atoms. The molecule has 0 saturated carbocycles. The number of anilines is 1. The third-order valence-electron chi connectivity index (χ3n) is 6.55. The number of thiazole rings is 1. The molecule has 232 valence electrons. The van der Waals surface area contributed by atoms with Gasteiger partial charge in [-0.2, -0.15) is 0 Å². The predicted octanol–water partition coefficient (Wildman–Crippen LogP) is 7.30. The fourth-order valence-corrected chi connectivity index (χ4v) is 6.99. The highest BCUT2D eigenvalue weighted by molar-refractivity contribution is 7.91. The molecule has 5 aromatic rings. The Morgan fingerprint density at radius 3 is 2.47 bits per heavy atom. The number of nitrogens with one attached hydrogen (secondary N) is 1. The minimum atomic E-state index is -3.51. The molecule has 0 aliphatic carbocycles. The first-order valence-electron chi connectivity index (χ1n) is 13.6. The Morgan fingerprint density at radius 2 is 1.69 bits per heavy atom. The van der Waals surface area contributed by atoms with Gasteiger partial charge in [-0.25, -0.2) is 18.2 Å². The molecule has 1 aromatic heterocycles. The molecule has 0 aliphatic rings. The lowest BCUT2D eigenvalue weighted by Gasteiger charge is -2.14. The summed E-state index contributed by atoms with van der Waals surface area (Å²) in [5.41, 5.74) is 2.10. The standard InChI is InChI=1S/C32H26Cl2N2O7S2/c33-22-7-10-25(11-8-22)45(40,41)14-2-3-20-6-13-28(43-19-31(37)38)27(15-20)36-32(39)21-4-1-5-24(16-21)42-18-30-35-26-12-9-23(34)17-29(26)44-30/h1,4-13,15-17H,2-3,14,18-19H2,(H,36,39)(H,37,38). The second kappa shape index (κ2) is 14.3. The van der Waals surface area contributed by atoms with E-state index in [1.165, 1.54) is 35.6 Å². The zero-order valence-corrected chi connectivity index (χ0v) is 26.7. The van der Waals surface area contributed by atoms with E-state index in [0.717, 1.165) is 20.8 Å². The summed E-state index contributed by atoms with van der Waals surface area (Å²) in [7, 11) is -3.51. The van der Waals surface area contributed by atoms with Crippen LogP contribution in [0.25, 0.3) is 10.2 Å². The number of carbonyl (C=O) groups excluding carboxylic acids is 1. The van der Waals surface area contributed by atoms with Crippen LogP contribution in [0.3, 0.4) is 0 Å². The molecule has 0 saturated heterocycles. The summed E-state index contributed by atoms with van der Waals surface area (Å²) in [6.45, 7) is -0.409. The number of aryl methyl sites for hydroxylation is 1. The van der Waals surface area contributed by atoms with Gasteiger partial charge in [0.1, 0.15) is 23.1 Å². The van der Waals surface area contributed by atoms with Crippen LogP contribution in [0.5, 0.6) is 11.5 Å². The number of hydrogen-bond donors (Lipinski definition) is 2. The number of fused-ring (bicyclic) bond motifs is 1. The largest absolute Gasteiger partial charge is 0.486 e. The van der Waals surface area contributed by atoms with Crippen molar-refractivity contribution >= 4 is 72.2 Å². The molecule has 5 rings (SSSR count). The minimum absolute atomic E-state index is 0.0921. The Labute approximate surface area is 273 Å². The van der Waals surface area contributed by atoms with E-state index in [4.69, 9.17) is 37.8 Å². The quantitative estimate of drug-likeness (QED) is 0.132. The van der Waals surface area contributed by atoms with Crippen molar-refractivity contribution in [2.45, 2.75) is 24.3 Å². The SMILES string of the molecule is O=C(O)COc1ccc(CCCS(=O)(=O)c2ccc(Cl)cc2)cc1NC(=O)c1cccc(OCc2nc3ccc(Cl)cc3s2)c1. The number of halogens is 2. The molecule has 0 atom stereocenters. The highest BCUT2D eigenvalue weighted by Crippen LogP contribution is 2.29. The molecular weight excluding hydrogens is 659 g/mol. The van der Waals surface area contributed by atoms with Gasteiger partial charge in [0.05, 0.1) is 26.6 Å². The normalized spacial score (nSPS) is 11.3. The maximum absolute atomic E-state index is 13.3. The number of hydrogen-bond acceptors (Lipinski definition) is 8. The summed E-state index contributed by atoms with van der Waals surface area (Å²) < 4.78 is 37.7. The van der Waals surface area contributed by atoms with Gasteiger partial charge in [0.25, 0.3) is 5.91 Å². The third-order valence-corrected chi connectivity index (χ3v) is 9.84. The summed E-state index contributed by atoms with van der Waals surface area (Å²) in [5, 5.41) is 13.7. The number of carboxylic acid groups (broad SMARTS) is 1. The average Bonchev–Trinajstić information content (AvgIpc) is 3.42. The van der Waals surface area contributed by atoms with Crippen molar-refractivity contribution in [3.05, 3.63) is 111 Å². The molecule has 13 heteroatoms. The topological polar surface area (TPSA) is 132 Å². The van der Waals surface area contributed by atoms with Gasteiger partial charge in [0, 0.05) is 15.6 Å². The summed E-state index contributed by atoms with van der Waals surface area (Å²) >= 11 is 13.4. The second-order valence-electron chi connectivity index (χ2n) is 9.88. The first-order valence-corrected chi connectivity index (χ1v) is 16.8. The molecule has 1 heterocycles. The Balaban J connectivity index is 1.26. The second-order valence-corrected chi connectivity index (χ2v) is 14.0. The Morgan fingerprint density at radius 1 is 0.911 bits per heavy atom. The third kappa shape index (κ3) is 8.73. The molecule has 0 fully saturated rings. The first-order chi connectivity index (χ1) is 21.6. The summed E-state index contributed by atoms with van der Waals surface area (Å²) in [5.74, 6) is -1.13. The molecule has 2 N–H and O–H groups in total. The van der Waals surface area contributed by atoms with Gasteiger partial charge in [0.2, 0.25) is 0 Å². The van der Waals surface area contributed by atoms with Crippen LogP contribution in [0.1, 0.15) is 27.3 Å². The zero-order valence-electron chi connectivity index (χ0n) is 23.5. The molecule has 1 amide bonds. The molecule has 4 aromatic carbocycles. The number of aromatic nitrogens is 1. The molecule has 0 bridgehead atoms. The maximum Gasteiger partial charge on any atom is 0.341 e. The molecular formula is C32H26Cl2N2O7S2. The number of rotatable bonds is 13. The number of carboxylic acids is 1. The number of ether oxygens (including phenoxy) is 2. The van der Waals surface area contributed by atoms with Crippen LogP contribution >= 0.6 is 34.5 Å². The van der Waals surface area contributed by atoms with Gasteiger partial charge in [-0.15, -0.1) is 11.3 Å². The summed E-state index contributed by atoms with van der Waals surface area (Å²) in [4.78, 5) is 29.1. The van der Waals surface area contributed by atoms with Crippen molar-refractivity contribution in [3.63, 3.8) is 0 Å². The number of sulfone groups is 1. The van der Waals surface area contributed by atoms with Crippen molar-refractivity contribution in [2.75, 3.05) is 17.7 Å². The number of amides is 1. The predicted molar refractivity (Wildman–Crippen MR) is 175 cm³/mol. The average molecular weight is 686 g/mol. The van der Waals surface area contributed by atoms with Crippen molar-refractivity contribution < 1.29 is 32.6 Å². The molecule has 45 heavy (non-hydrogen) atoms. The van der Waals surface area contributed by atoms with Crippen LogP contribution in [-0.4, -0.2) is 42.7 Å². The summed E-state index contributed by atoms with van der Waals surface area (Å²) in [6, 6.07) is 23.0. The van der Waals surface area contributed by atoms with E-state index < -0.39 is 28.3 Å². The monoisotopic (exact) mass is 684 g/mol. The molecule has 0 radical (unpaired) electrons. The highest BCUT2D eigenvalue weighted by Gasteiger charge is 2.16. The maximum atomic E-state index is 13.3. The number of carbonyl (C=O) groups is 2. The number of benzene rings is 4. The lowest BCUT2D eigenvalue weighted by molar-refractivity contribution is -0.139. The van der Waals surface area contributed by atoms with Gasteiger partial charge in [0.15, 0.2) is 16.4 Å². The fourth-order valence-electron chi connectivity index (χ4n) is 4.40. The van der Waals surface area contributed by atoms with E-state index in [1.54, 1.807) is 48.5 Å². The van der Waals surface area contributed by atoms with E-state index in [-0.39, 0.29) is 28.7 Å². The number of aliphatic carboxylic acids is 1. The molecule has 9 nitrogen and oxygen atoms in total. The Bertz CT molecular complexity index is 1960. The van der Waals surface area contributed by atoms with Gasteiger partial charge < -0.3 is 19.9 Å². The van der Waals surface area contributed by atoms with Crippen LogP contribution in [0.15, 0.2) is 89.8 Å². The van der Waals surface area contributed by atoms with E-state index in [2.05, 4.69) is 10.3 Å². The van der Waals surface area contributed by atoms with Crippen molar-refractivity contribution in [1.82, 2.24) is 4.98 Å². The van der Waals surface area contributed by atoms with Crippen LogP contribution in [0.2, 0.25) is 10.0 Å². The number of nitrogens with zero attached hydrogens (tertiary/aromatic N) is 1. The van der Waals surface area contributed by atoms with E-state index >= 15 is 0 Å². The Hall–Kier alpha value is -4.16. The minimum Gasteiger partial charge on any atom is -0.486 e. The van der Waals surface area contributed by atoms with Crippen LogP contribution in [0.4, 0.5) is 5.69 Å². The molecule has 0 unspecified atom stereocenters. The smallest absolute Gasteiger partial charge is 0.341 e. The zero-order chi connectivity index (χ0) is 32.0. The summed E-state index contributed by atoms with van der Waals surface area (Å²) in [6.07, 6.45) is 0.699. The van der Waals surface area contributed by atoms with Gasteiger partial charge in [-0.1, -0.05) is 35.3 Å². The van der Waals surface area contributed by atoms with Crippen molar-refractivity contribution in [2.24, 2.45) is 0 Å². The lowest BCUT2D eigenvalue weighted by Crippen LogP contribution is -2.15. The van der Waals surface area contributed by atoms with Crippen LogP contribution in [-0.2, 0) is 27.7 Å².